The first kappa shape index (κ1) is 34.4. The van der Waals surface area contributed by atoms with Crippen molar-refractivity contribution in [3.8, 4) is 11.8 Å². The molecule has 0 aliphatic heterocycles. The first-order valence-electron chi connectivity index (χ1n) is 4.74. The van der Waals surface area contributed by atoms with Gasteiger partial charge in [-0.15, -0.1) is 0 Å². The maximum absolute atomic E-state index is 10.3. The minimum atomic E-state index is -1.31. The van der Waals surface area contributed by atoms with Crippen LogP contribution >= 0.6 is 31.9 Å². The number of hydrogen-bond donors (Lipinski definition) is 4. The van der Waals surface area contributed by atoms with Gasteiger partial charge >= 0.3 is 75.3 Å². The van der Waals surface area contributed by atoms with E-state index < -0.39 is 40.0 Å². The summed E-state index contributed by atoms with van der Waals surface area (Å²) in [4.78, 5) is 38.2. The topological polar surface area (TPSA) is 179 Å². The first-order chi connectivity index (χ1) is 9.07. The molecule has 12 heteroatoms. The third-order valence-electron chi connectivity index (χ3n) is 1.36. The molecule has 0 aliphatic rings. The number of alkyl halides is 2. The molecular weight excluding hydrogens is 475 g/mol. The van der Waals surface area contributed by atoms with E-state index in [1.54, 1.807) is 5.92 Å². The summed E-state index contributed by atoms with van der Waals surface area (Å²) < 4.78 is 0. The Labute approximate surface area is 191 Å². The molecule has 2 unspecified atom stereocenters. The Hall–Kier alpha value is -0.00364. The van der Waals surface area contributed by atoms with Gasteiger partial charge in [0.05, 0.1) is 6.42 Å². The molecule has 9 nitrogen and oxygen atoms in total. The molecule has 128 valence electrons. The van der Waals surface area contributed by atoms with E-state index in [4.69, 9.17) is 20.4 Å². The Morgan fingerprint density at radius 1 is 0.957 bits per heavy atom. The molecule has 0 aromatic carbocycles. The second kappa shape index (κ2) is 20.0. The molecule has 0 heterocycles. The van der Waals surface area contributed by atoms with Gasteiger partial charge in [-0.05, 0) is 0 Å². The molecular formula is C11H15Br2KO9. The Bertz CT molecular complexity index is 445. The number of aliphatic carboxylic acids is 4. The average Bonchev–Trinajstić information content (AvgIpc) is 2.26. The van der Waals surface area contributed by atoms with Crippen molar-refractivity contribution in [2.75, 3.05) is 0 Å². The van der Waals surface area contributed by atoms with E-state index in [2.05, 4.69) is 31.9 Å². The second-order valence-corrected chi connectivity index (χ2v) is 5.19. The molecule has 0 aliphatic carbocycles. The third kappa shape index (κ3) is 27.2. The van der Waals surface area contributed by atoms with Gasteiger partial charge in [-0.3, -0.25) is 14.4 Å². The Morgan fingerprint density at radius 3 is 1.65 bits per heavy atom. The van der Waals surface area contributed by atoms with Crippen LogP contribution in [-0.4, -0.2) is 59.4 Å². The van der Waals surface area contributed by atoms with Crippen LogP contribution in [0.1, 0.15) is 20.3 Å². The summed E-state index contributed by atoms with van der Waals surface area (Å²) in [6.45, 7) is 0. The summed E-state index contributed by atoms with van der Waals surface area (Å²) in [6, 6.07) is 0. The molecule has 0 bridgehead atoms. The van der Waals surface area contributed by atoms with Gasteiger partial charge in [0.1, 0.15) is 11.2 Å². The van der Waals surface area contributed by atoms with Crippen LogP contribution in [0.4, 0.5) is 0 Å². The maximum atomic E-state index is 10.3. The zero-order valence-electron chi connectivity index (χ0n) is 11.2. The van der Waals surface area contributed by atoms with Crippen LogP contribution in [-0.2, 0) is 19.2 Å². The van der Waals surface area contributed by atoms with Crippen molar-refractivity contribution in [3.05, 3.63) is 0 Å². The standard InChI is InChI=1S/C5H6Br2O4.C5H4O4.CH4.K.H2O/c6-2(1-3(8)9)4(7)5(10)11;6-4(7)2-1-3-5(8)9;;;/h2,4H,1H2,(H,8,9)(H,10,11);2H2,(H,6,7)(H,8,9);1H4;;1H2/q;;;+1;/p-1. The Balaban J connectivity index is -0.0000000843. The van der Waals surface area contributed by atoms with Gasteiger partial charge < -0.3 is 25.9 Å². The van der Waals surface area contributed by atoms with E-state index in [1.807, 2.05) is 5.92 Å². The fourth-order valence-electron chi connectivity index (χ4n) is 0.620. The van der Waals surface area contributed by atoms with Crippen LogP contribution in [0.3, 0.4) is 0 Å². The van der Waals surface area contributed by atoms with Gasteiger partial charge in [0.15, 0.2) is 0 Å². The van der Waals surface area contributed by atoms with Gasteiger partial charge in [0.2, 0.25) is 0 Å². The summed E-state index contributed by atoms with van der Waals surface area (Å²) in [7, 11) is 0. The molecule has 0 aromatic rings. The van der Waals surface area contributed by atoms with Crippen LogP contribution in [0.25, 0.3) is 0 Å². The monoisotopic (exact) mass is 488 g/mol. The maximum Gasteiger partial charge on any atom is 1.00 e. The number of carboxylic acid groups (broad SMARTS) is 4. The van der Waals surface area contributed by atoms with E-state index in [1.165, 1.54) is 0 Å². The normalized spacial score (nSPS) is 10.2. The smallest absolute Gasteiger partial charge is 0.870 e. The summed E-state index contributed by atoms with van der Waals surface area (Å²) in [5.41, 5.74) is 0. The summed E-state index contributed by atoms with van der Waals surface area (Å²) in [5, 5.41) is 32.5. The summed E-state index contributed by atoms with van der Waals surface area (Å²) >= 11 is 5.76. The van der Waals surface area contributed by atoms with Crippen LogP contribution in [0.2, 0.25) is 0 Å². The number of hydrogen-bond acceptors (Lipinski definition) is 5. The minimum Gasteiger partial charge on any atom is -0.870 e. The number of carboxylic acids is 4. The van der Waals surface area contributed by atoms with Gasteiger partial charge in [-0.25, -0.2) is 4.79 Å². The zero-order chi connectivity index (χ0) is 16.3. The van der Waals surface area contributed by atoms with Gasteiger partial charge in [0.25, 0.3) is 0 Å². The zero-order valence-corrected chi connectivity index (χ0v) is 17.5. The van der Waals surface area contributed by atoms with Crippen molar-refractivity contribution in [3.63, 3.8) is 0 Å². The van der Waals surface area contributed by atoms with Gasteiger partial charge in [0, 0.05) is 10.7 Å². The molecule has 2 atom stereocenters. The van der Waals surface area contributed by atoms with Crippen molar-refractivity contribution < 1.29 is 96.5 Å². The predicted octanol–water partition coefficient (Wildman–Crippen LogP) is -1.91. The first-order valence-corrected chi connectivity index (χ1v) is 6.57. The Morgan fingerprint density at radius 2 is 1.39 bits per heavy atom. The molecule has 0 radical (unpaired) electrons. The number of carbonyl (C=O) groups is 4. The number of halogens is 2. The minimum absolute atomic E-state index is 0. The van der Waals surface area contributed by atoms with Gasteiger partial charge in [-0.1, -0.05) is 45.2 Å². The predicted molar refractivity (Wildman–Crippen MR) is 81.7 cm³/mol. The SMILES string of the molecule is C.O=C(O)C#CCC(=O)O.O=C(O)CC(Br)C(Br)C(=O)O.[K+].[OH-]. The van der Waals surface area contributed by atoms with Crippen LogP contribution in [0, 0.1) is 11.8 Å². The summed E-state index contributed by atoms with van der Waals surface area (Å²) in [6.07, 6.45) is -0.644. The quantitative estimate of drug-likeness (QED) is 0.194. The molecule has 0 aromatic heterocycles. The van der Waals surface area contributed by atoms with Crippen LogP contribution in [0.15, 0.2) is 0 Å². The van der Waals surface area contributed by atoms with Crippen LogP contribution < -0.4 is 51.4 Å². The molecule has 23 heavy (non-hydrogen) atoms. The molecule has 0 spiro atoms. The largest absolute Gasteiger partial charge is 1.00 e. The van der Waals surface area contributed by atoms with Crippen molar-refractivity contribution in [2.24, 2.45) is 0 Å². The van der Waals surface area contributed by atoms with E-state index in [-0.39, 0.29) is 70.7 Å². The molecule has 0 rings (SSSR count). The van der Waals surface area contributed by atoms with E-state index >= 15 is 0 Å². The third-order valence-corrected chi connectivity index (χ3v) is 3.95. The van der Waals surface area contributed by atoms with Crippen molar-refractivity contribution in [1.29, 1.82) is 0 Å². The van der Waals surface area contributed by atoms with E-state index in [0.29, 0.717) is 0 Å². The van der Waals surface area contributed by atoms with Gasteiger partial charge in [-0.2, -0.15) is 0 Å². The van der Waals surface area contributed by atoms with Crippen LogP contribution in [0.5, 0.6) is 0 Å². The second-order valence-electron chi connectivity index (χ2n) is 3.03. The fraction of sp³-hybridized carbons (Fsp3) is 0.455. The molecule has 5 N–H and O–H groups in total. The van der Waals surface area contributed by atoms with E-state index in [0.717, 1.165) is 0 Å². The fourth-order valence-corrected chi connectivity index (χ4v) is 1.31. The molecule has 0 saturated carbocycles. The number of rotatable bonds is 5. The van der Waals surface area contributed by atoms with Crippen molar-refractivity contribution >= 4 is 55.7 Å². The molecule has 0 saturated heterocycles. The summed E-state index contributed by atoms with van der Waals surface area (Å²) in [5.74, 6) is -0.939. The molecule has 0 fully saturated rings. The molecule has 0 amide bonds. The average molecular weight is 490 g/mol. The van der Waals surface area contributed by atoms with Crippen molar-refractivity contribution in [1.82, 2.24) is 0 Å². The van der Waals surface area contributed by atoms with Crippen molar-refractivity contribution in [2.45, 2.75) is 29.9 Å². The van der Waals surface area contributed by atoms with E-state index in [9.17, 15) is 19.2 Å². The Kier molecular flexibility index (Phi) is 29.9.